The molecule has 20 heavy (non-hydrogen) atoms. The van der Waals surface area contributed by atoms with Crippen LogP contribution in [-0.4, -0.2) is 32.8 Å². The number of esters is 1. The molecule has 1 heterocycles. The lowest BCUT2D eigenvalue weighted by Gasteiger charge is -2.22. The van der Waals surface area contributed by atoms with Crippen LogP contribution in [0.1, 0.15) is 23.2 Å². The lowest BCUT2D eigenvalue weighted by Crippen LogP contribution is -2.24. The summed E-state index contributed by atoms with van der Waals surface area (Å²) in [4.78, 5) is 11.2. The van der Waals surface area contributed by atoms with Gasteiger partial charge in [-0.2, -0.15) is 0 Å². The molecule has 1 aromatic carbocycles. The Hall–Kier alpha value is -1.69. The number of rotatable bonds is 4. The number of hydrogen-bond donors (Lipinski definition) is 1. The normalized spacial score (nSPS) is 18.6. The highest BCUT2D eigenvalue weighted by Gasteiger charge is 2.20. The van der Waals surface area contributed by atoms with Crippen LogP contribution in [0.25, 0.3) is 0 Å². The van der Waals surface area contributed by atoms with Crippen molar-refractivity contribution in [2.75, 3.05) is 32.2 Å². The average molecular weight is 285 g/mol. The Bertz CT molecular complexity index is 488. The van der Waals surface area contributed by atoms with Crippen LogP contribution in [-0.2, 0) is 9.47 Å². The second kappa shape index (κ2) is 6.65. The first-order valence-electron chi connectivity index (χ1n) is 6.51. The largest absolute Gasteiger partial charge is 0.465 e. The van der Waals surface area contributed by atoms with E-state index in [1.807, 2.05) is 0 Å². The first-order chi connectivity index (χ1) is 9.63. The van der Waals surface area contributed by atoms with Crippen LogP contribution in [0.4, 0.5) is 14.5 Å². The third-order valence-corrected chi connectivity index (χ3v) is 3.32. The van der Waals surface area contributed by atoms with Crippen molar-refractivity contribution in [1.29, 1.82) is 0 Å². The molecular weight excluding hydrogens is 268 g/mol. The summed E-state index contributed by atoms with van der Waals surface area (Å²) in [6, 6.07) is 2.55. The van der Waals surface area contributed by atoms with Gasteiger partial charge in [-0.25, -0.2) is 13.6 Å². The number of nitrogens with one attached hydrogen (secondary N) is 1. The second-order valence-corrected chi connectivity index (χ2v) is 4.74. The molecule has 1 fully saturated rings. The van der Waals surface area contributed by atoms with Gasteiger partial charge in [-0.05, 0) is 30.9 Å². The Morgan fingerprint density at radius 2 is 2.25 bits per heavy atom. The molecule has 0 bridgehead atoms. The molecule has 110 valence electrons. The van der Waals surface area contributed by atoms with Gasteiger partial charge in [-0.15, -0.1) is 0 Å². The van der Waals surface area contributed by atoms with Gasteiger partial charge >= 0.3 is 5.97 Å². The molecule has 6 heteroatoms. The van der Waals surface area contributed by atoms with Gasteiger partial charge in [0.2, 0.25) is 0 Å². The van der Waals surface area contributed by atoms with Gasteiger partial charge in [0.1, 0.15) is 0 Å². The smallest absolute Gasteiger partial charge is 0.340 e. The summed E-state index contributed by atoms with van der Waals surface area (Å²) in [6.07, 6.45) is 1.97. The summed E-state index contributed by atoms with van der Waals surface area (Å²) in [7, 11) is 1.12. The molecule has 1 N–H and O–H groups in total. The zero-order chi connectivity index (χ0) is 14.5. The average Bonchev–Trinajstić information content (AvgIpc) is 2.49. The highest BCUT2D eigenvalue weighted by atomic mass is 19.2. The van der Waals surface area contributed by atoms with E-state index in [-0.39, 0.29) is 11.6 Å². The lowest BCUT2D eigenvalue weighted by atomic mass is 10.0. The van der Waals surface area contributed by atoms with Crippen LogP contribution in [0.5, 0.6) is 0 Å². The molecule has 4 nitrogen and oxygen atoms in total. The zero-order valence-electron chi connectivity index (χ0n) is 11.2. The van der Waals surface area contributed by atoms with Crippen molar-refractivity contribution in [3.63, 3.8) is 0 Å². The fraction of sp³-hybridized carbons (Fsp3) is 0.500. The van der Waals surface area contributed by atoms with Crippen molar-refractivity contribution < 1.29 is 23.0 Å². The first-order valence-corrected chi connectivity index (χ1v) is 6.51. The Morgan fingerprint density at radius 3 is 2.90 bits per heavy atom. The molecular formula is C14H17F2NO3. The molecule has 0 spiro atoms. The standard InChI is InChI=1S/C14H17F2NO3/c1-19-14(18)10-4-5-11(13(16)12(10)15)17-7-9-3-2-6-20-8-9/h4-5,9,17H,2-3,6-8H2,1H3. The van der Waals surface area contributed by atoms with Gasteiger partial charge in [0.15, 0.2) is 11.6 Å². The number of benzene rings is 1. The number of hydrogen-bond acceptors (Lipinski definition) is 4. The van der Waals surface area contributed by atoms with Gasteiger partial charge in [-0.1, -0.05) is 0 Å². The lowest BCUT2D eigenvalue weighted by molar-refractivity contribution is 0.0594. The SMILES string of the molecule is COC(=O)c1ccc(NCC2CCCOC2)c(F)c1F. The topological polar surface area (TPSA) is 47.6 Å². The summed E-state index contributed by atoms with van der Waals surface area (Å²) < 4.78 is 37.3. The molecule has 0 aromatic heterocycles. The van der Waals surface area contributed by atoms with E-state index in [1.165, 1.54) is 12.1 Å². The maximum Gasteiger partial charge on any atom is 0.340 e. The van der Waals surface area contributed by atoms with Crippen molar-refractivity contribution in [3.05, 3.63) is 29.3 Å². The Labute approximate surface area is 116 Å². The van der Waals surface area contributed by atoms with Crippen LogP contribution in [0, 0.1) is 17.6 Å². The molecule has 0 amide bonds. The minimum Gasteiger partial charge on any atom is -0.465 e. The highest BCUT2D eigenvalue weighted by Crippen LogP contribution is 2.22. The van der Waals surface area contributed by atoms with Gasteiger partial charge in [0.05, 0.1) is 25.0 Å². The van der Waals surface area contributed by atoms with Gasteiger partial charge in [-0.3, -0.25) is 0 Å². The second-order valence-electron chi connectivity index (χ2n) is 4.74. The highest BCUT2D eigenvalue weighted by molar-refractivity contribution is 5.90. The van der Waals surface area contributed by atoms with Crippen molar-refractivity contribution in [1.82, 2.24) is 0 Å². The molecule has 1 unspecified atom stereocenters. The molecule has 1 aliphatic heterocycles. The van der Waals surface area contributed by atoms with Crippen LogP contribution in [0.2, 0.25) is 0 Å². The van der Waals surface area contributed by atoms with E-state index in [9.17, 15) is 13.6 Å². The fourth-order valence-electron chi connectivity index (χ4n) is 2.18. The van der Waals surface area contributed by atoms with Gasteiger partial charge in [0.25, 0.3) is 0 Å². The Kier molecular flexibility index (Phi) is 4.89. The van der Waals surface area contributed by atoms with Gasteiger partial charge in [0, 0.05) is 13.2 Å². The number of carbonyl (C=O) groups is 1. The number of anilines is 1. The predicted molar refractivity (Wildman–Crippen MR) is 69.7 cm³/mol. The van der Waals surface area contributed by atoms with Crippen molar-refractivity contribution in [2.45, 2.75) is 12.8 Å². The van der Waals surface area contributed by atoms with Crippen molar-refractivity contribution >= 4 is 11.7 Å². The molecule has 1 saturated heterocycles. The van der Waals surface area contributed by atoms with Crippen LogP contribution in [0.15, 0.2) is 12.1 Å². The summed E-state index contributed by atoms with van der Waals surface area (Å²) >= 11 is 0. The summed E-state index contributed by atoms with van der Waals surface area (Å²) in [5.74, 6) is -2.87. The quantitative estimate of drug-likeness (QED) is 0.864. The van der Waals surface area contributed by atoms with Crippen LogP contribution >= 0.6 is 0 Å². The fourth-order valence-corrected chi connectivity index (χ4v) is 2.18. The van der Waals surface area contributed by atoms with E-state index in [2.05, 4.69) is 10.1 Å². The zero-order valence-corrected chi connectivity index (χ0v) is 11.2. The third kappa shape index (κ3) is 3.25. The number of halogens is 2. The van der Waals surface area contributed by atoms with E-state index < -0.39 is 23.2 Å². The van der Waals surface area contributed by atoms with E-state index in [1.54, 1.807) is 0 Å². The van der Waals surface area contributed by atoms with Crippen LogP contribution < -0.4 is 5.32 Å². The van der Waals surface area contributed by atoms with Crippen molar-refractivity contribution in [3.8, 4) is 0 Å². The Morgan fingerprint density at radius 1 is 1.45 bits per heavy atom. The molecule has 0 saturated carbocycles. The summed E-state index contributed by atoms with van der Waals surface area (Å²) in [5, 5.41) is 2.86. The summed E-state index contributed by atoms with van der Waals surface area (Å²) in [6.45, 7) is 1.89. The van der Waals surface area contributed by atoms with Gasteiger partial charge < -0.3 is 14.8 Å². The minimum atomic E-state index is -1.19. The molecule has 0 radical (unpaired) electrons. The summed E-state index contributed by atoms with van der Waals surface area (Å²) in [5.41, 5.74) is -0.364. The van der Waals surface area contributed by atoms with E-state index in [0.29, 0.717) is 13.2 Å². The molecule has 1 aliphatic rings. The molecule has 1 aromatic rings. The molecule has 2 rings (SSSR count). The van der Waals surface area contributed by atoms with Crippen molar-refractivity contribution in [2.24, 2.45) is 5.92 Å². The molecule has 1 atom stereocenters. The maximum atomic E-state index is 13.8. The number of ether oxygens (including phenoxy) is 2. The Balaban J connectivity index is 2.05. The predicted octanol–water partition coefficient (Wildman–Crippen LogP) is 2.59. The molecule has 0 aliphatic carbocycles. The number of methoxy groups -OCH3 is 1. The van der Waals surface area contributed by atoms with E-state index in [0.717, 1.165) is 26.6 Å². The first kappa shape index (κ1) is 14.7. The monoisotopic (exact) mass is 285 g/mol. The van der Waals surface area contributed by atoms with Crippen LogP contribution in [0.3, 0.4) is 0 Å². The maximum absolute atomic E-state index is 13.8. The number of carbonyl (C=O) groups excluding carboxylic acids is 1. The van der Waals surface area contributed by atoms with E-state index >= 15 is 0 Å². The third-order valence-electron chi connectivity index (χ3n) is 3.32. The van der Waals surface area contributed by atoms with E-state index in [4.69, 9.17) is 4.74 Å². The minimum absolute atomic E-state index is 0.0423.